The molecular formula is C20H21F3N2O7. The Balaban J connectivity index is 0.000000633. The standard InChI is InChI=1S/C18H20N2O5.C2HF3O2/c1-24-17(22)15(9-13-7-8-14(19)16(21)10-13)20-18(23)25-11-12-5-3-2-4-6-12;3-2(4,5)1(6)7/h2-8,10,15,21H,9,11,19H2,1H3,(H,20,23);(H,6,7)/t15-;/m1./s1. The summed E-state index contributed by atoms with van der Waals surface area (Å²) >= 11 is 0. The molecule has 0 saturated carbocycles. The molecule has 0 saturated heterocycles. The number of aromatic hydroxyl groups is 1. The summed E-state index contributed by atoms with van der Waals surface area (Å²) in [5.74, 6) is -3.46. The molecule has 0 fully saturated rings. The number of phenols is 1. The first-order valence-corrected chi connectivity index (χ1v) is 8.86. The minimum Gasteiger partial charge on any atom is -0.506 e. The lowest BCUT2D eigenvalue weighted by molar-refractivity contribution is -0.192. The summed E-state index contributed by atoms with van der Waals surface area (Å²) in [6, 6.07) is 12.8. The van der Waals surface area contributed by atoms with E-state index in [-0.39, 0.29) is 24.5 Å². The Kier molecular flexibility index (Phi) is 9.80. The summed E-state index contributed by atoms with van der Waals surface area (Å²) < 4.78 is 41.5. The van der Waals surface area contributed by atoms with Crippen LogP contribution < -0.4 is 11.1 Å². The summed E-state index contributed by atoms with van der Waals surface area (Å²) in [4.78, 5) is 32.7. The lowest BCUT2D eigenvalue weighted by Gasteiger charge is -2.17. The molecule has 0 aliphatic heterocycles. The van der Waals surface area contributed by atoms with Crippen molar-refractivity contribution < 1.29 is 47.2 Å². The van der Waals surface area contributed by atoms with Gasteiger partial charge in [-0.05, 0) is 23.3 Å². The Morgan fingerprint density at radius 1 is 1.09 bits per heavy atom. The maximum atomic E-state index is 11.9. The number of rotatable bonds is 6. The Hall–Kier alpha value is -3.96. The van der Waals surface area contributed by atoms with Crippen LogP contribution in [0.5, 0.6) is 5.75 Å². The molecule has 0 aromatic heterocycles. The van der Waals surface area contributed by atoms with Crippen LogP contribution >= 0.6 is 0 Å². The number of halogens is 3. The predicted octanol–water partition coefficient (Wildman–Crippen LogP) is 2.62. The molecule has 2 rings (SSSR count). The molecule has 0 spiro atoms. The number of aliphatic carboxylic acids is 1. The van der Waals surface area contributed by atoms with E-state index >= 15 is 0 Å². The van der Waals surface area contributed by atoms with Crippen LogP contribution in [-0.2, 0) is 32.1 Å². The Morgan fingerprint density at radius 3 is 2.19 bits per heavy atom. The zero-order valence-corrected chi connectivity index (χ0v) is 16.8. The summed E-state index contributed by atoms with van der Waals surface area (Å²) in [5, 5.41) is 19.2. The van der Waals surface area contributed by atoms with Gasteiger partial charge in [-0.15, -0.1) is 0 Å². The van der Waals surface area contributed by atoms with Gasteiger partial charge in [-0.25, -0.2) is 14.4 Å². The number of carbonyl (C=O) groups is 3. The normalized spacial score (nSPS) is 11.4. The van der Waals surface area contributed by atoms with Crippen molar-refractivity contribution in [1.29, 1.82) is 0 Å². The molecule has 174 valence electrons. The number of nitrogens with one attached hydrogen (secondary N) is 1. The fraction of sp³-hybridized carbons (Fsp3) is 0.250. The largest absolute Gasteiger partial charge is 0.506 e. The van der Waals surface area contributed by atoms with E-state index in [4.69, 9.17) is 25.1 Å². The molecule has 2 aromatic rings. The third-order valence-corrected chi connectivity index (χ3v) is 3.77. The second-order valence-corrected chi connectivity index (χ2v) is 6.18. The molecule has 0 aliphatic carbocycles. The first kappa shape index (κ1) is 26.1. The van der Waals surface area contributed by atoms with Crippen molar-refractivity contribution in [1.82, 2.24) is 5.32 Å². The second kappa shape index (κ2) is 12.0. The summed E-state index contributed by atoms with van der Waals surface area (Å²) in [6.45, 7) is 0.0865. The third kappa shape index (κ3) is 9.24. The van der Waals surface area contributed by atoms with Crippen LogP contribution in [0.25, 0.3) is 0 Å². The van der Waals surface area contributed by atoms with Gasteiger partial charge in [0.05, 0.1) is 12.8 Å². The van der Waals surface area contributed by atoms with Crippen LogP contribution in [0.2, 0.25) is 0 Å². The van der Waals surface area contributed by atoms with E-state index in [2.05, 4.69) is 5.32 Å². The van der Waals surface area contributed by atoms with Gasteiger partial charge in [-0.3, -0.25) is 0 Å². The smallest absolute Gasteiger partial charge is 0.490 e. The molecule has 9 nitrogen and oxygen atoms in total. The number of hydrogen-bond donors (Lipinski definition) is 4. The lowest BCUT2D eigenvalue weighted by atomic mass is 10.1. The quantitative estimate of drug-likeness (QED) is 0.293. The monoisotopic (exact) mass is 458 g/mol. The van der Waals surface area contributed by atoms with E-state index in [0.717, 1.165) is 5.56 Å². The number of alkyl halides is 3. The van der Waals surface area contributed by atoms with Gasteiger partial charge in [0.25, 0.3) is 0 Å². The first-order chi connectivity index (χ1) is 14.9. The van der Waals surface area contributed by atoms with Gasteiger partial charge in [0.2, 0.25) is 0 Å². The average molecular weight is 458 g/mol. The average Bonchev–Trinajstić information content (AvgIpc) is 2.74. The first-order valence-electron chi connectivity index (χ1n) is 8.86. The van der Waals surface area contributed by atoms with E-state index in [9.17, 15) is 27.9 Å². The van der Waals surface area contributed by atoms with E-state index in [0.29, 0.717) is 5.56 Å². The van der Waals surface area contributed by atoms with E-state index in [1.54, 1.807) is 6.07 Å². The number of methoxy groups -OCH3 is 1. The van der Waals surface area contributed by atoms with Gasteiger partial charge in [0, 0.05) is 6.42 Å². The molecule has 2 aromatic carbocycles. The van der Waals surface area contributed by atoms with Crippen molar-refractivity contribution in [2.24, 2.45) is 0 Å². The fourth-order valence-electron chi connectivity index (χ4n) is 2.19. The molecule has 32 heavy (non-hydrogen) atoms. The number of esters is 1. The number of benzene rings is 2. The SMILES string of the molecule is COC(=O)[C@@H](Cc1ccc(N)c(O)c1)NC(=O)OCc1ccccc1.O=C(O)C(F)(F)F. The molecule has 5 N–H and O–H groups in total. The maximum Gasteiger partial charge on any atom is 0.490 e. The van der Waals surface area contributed by atoms with Gasteiger partial charge in [0.15, 0.2) is 0 Å². The van der Waals surface area contributed by atoms with E-state index in [1.807, 2.05) is 30.3 Å². The molecule has 0 unspecified atom stereocenters. The minimum absolute atomic E-state index is 0.0865. The molecule has 1 amide bonds. The van der Waals surface area contributed by atoms with Gasteiger partial charge in [-0.1, -0.05) is 36.4 Å². The van der Waals surface area contributed by atoms with Crippen LogP contribution in [0.15, 0.2) is 48.5 Å². The Labute approximate surface area is 180 Å². The summed E-state index contributed by atoms with van der Waals surface area (Å²) in [7, 11) is 1.23. The number of carboxylic acids is 1. The number of hydrogen-bond acceptors (Lipinski definition) is 7. The molecule has 1 atom stereocenters. The zero-order chi connectivity index (χ0) is 24.3. The molecule has 12 heteroatoms. The van der Waals surface area contributed by atoms with Crippen molar-refractivity contribution in [2.75, 3.05) is 12.8 Å². The van der Waals surface area contributed by atoms with Gasteiger partial charge in [0.1, 0.15) is 18.4 Å². The highest BCUT2D eigenvalue weighted by molar-refractivity contribution is 5.81. The molecule has 0 aliphatic rings. The highest BCUT2D eigenvalue weighted by Crippen LogP contribution is 2.21. The van der Waals surface area contributed by atoms with E-state index in [1.165, 1.54) is 19.2 Å². The van der Waals surface area contributed by atoms with Crippen LogP contribution in [0, 0.1) is 0 Å². The van der Waals surface area contributed by atoms with Gasteiger partial charge in [-0.2, -0.15) is 13.2 Å². The molecule has 0 bridgehead atoms. The molecule has 0 heterocycles. The molecule has 0 radical (unpaired) electrons. The van der Waals surface area contributed by atoms with Crippen molar-refractivity contribution in [3.05, 3.63) is 59.7 Å². The number of amides is 1. The number of carbonyl (C=O) groups excluding carboxylic acids is 2. The number of nitrogen functional groups attached to an aromatic ring is 1. The van der Waals surface area contributed by atoms with Gasteiger partial charge < -0.3 is 30.7 Å². The maximum absolute atomic E-state index is 11.9. The van der Waals surface area contributed by atoms with Crippen molar-refractivity contribution in [3.8, 4) is 5.75 Å². The number of anilines is 1. The van der Waals surface area contributed by atoms with Crippen molar-refractivity contribution in [2.45, 2.75) is 25.2 Å². The number of nitrogens with two attached hydrogens (primary N) is 1. The Morgan fingerprint density at radius 2 is 1.69 bits per heavy atom. The lowest BCUT2D eigenvalue weighted by Crippen LogP contribution is -2.43. The number of phenolic OH excluding ortho intramolecular Hbond substituents is 1. The number of ether oxygens (including phenoxy) is 2. The Bertz CT molecular complexity index is 921. The topological polar surface area (TPSA) is 148 Å². The van der Waals surface area contributed by atoms with Gasteiger partial charge >= 0.3 is 24.2 Å². The number of alkyl carbamates (subject to hydrolysis) is 1. The third-order valence-electron chi connectivity index (χ3n) is 3.77. The highest BCUT2D eigenvalue weighted by Gasteiger charge is 2.38. The molecular weight excluding hydrogens is 437 g/mol. The van der Waals surface area contributed by atoms with Crippen LogP contribution in [0.1, 0.15) is 11.1 Å². The highest BCUT2D eigenvalue weighted by atomic mass is 19.4. The zero-order valence-electron chi connectivity index (χ0n) is 16.8. The minimum atomic E-state index is -5.08. The van der Waals surface area contributed by atoms with Crippen LogP contribution in [0.4, 0.5) is 23.7 Å². The predicted molar refractivity (Wildman–Crippen MR) is 105 cm³/mol. The summed E-state index contributed by atoms with van der Waals surface area (Å²) in [5.41, 5.74) is 7.23. The summed E-state index contributed by atoms with van der Waals surface area (Å²) in [6.07, 6.45) is -5.69. The van der Waals surface area contributed by atoms with E-state index < -0.39 is 30.2 Å². The number of carboxylic acid groups (broad SMARTS) is 1. The fourth-order valence-corrected chi connectivity index (χ4v) is 2.19. The second-order valence-electron chi connectivity index (χ2n) is 6.18. The van der Waals surface area contributed by atoms with Crippen LogP contribution in [-0.4, -0.2) is 47.6 Å². The van der Waals surface area contributed by atoms with Crippen molar-refractivity contribution >= 4 is 23.7 Å². The van der Waals surface area contributed by atoms with Crippen LogP contribution in [0.3, 0.4) is 0 Å². The van der Waals surface area contributed by atoms with Crippen molar-refractivity contribution in [3.63, 3.8) is 0 Å².